The molecule has 4 aromatic rings. The highest BCUT2D eigenvalue weighted by Crippen LogP contribution is 2.44. The lowest BCUT2D eigenvalue weighted by atomic mass is 10.2. The molecule has 172 valence electrons. The van der Waals surface area contributed by atoms with Gasteiger partial charge in [0.05, 0.1) is 18.0 Å². The van der Waals surface area contributed by atoms with E-state index in [0.29, 0.717) is 52.2 Å². The molecule has 0 saturated heterocycles. The van der Waals surface area contributed by atoms with Crippen LogP contribution in [-0.4, -0.2) is 52.5 Å². The van der Waals surface area contributed by atoms with Crippen molar-refractivity contribution in [2.24, 2.45) is 0 Å². The topological polar surface area (TPSA) is 160 Å². The Hall–Kier alpha value is -3.36. The van der Waals surface area contributed by atoms with Crippen LogP contribution in [0, 0.1) is 0 Å². The summed E-state index contributed by atoms with van der Waals surface area (Å²) in [5, 5.41) is 0.600. The van der Waals surface area contributed by atoms with Crippen molar-refractivity contribution in [1.82, 2.24) is 29.2 Å². The zero-order valence-corrected chi connectivity index (χ0v) is 19.0. The number of rotatable bonds is 8. The molecule has 14 heteroatoms. The van der Waals surface area contributed by atoms with Gasteiger partial charge in [-0.15, -0.1) is 0 Å². The standard InChI is InChI=1S/C19H19N7O5S2/c1-33(27,28)24-3-2-5-26-17-15(16(20)22-9-23-17)25-19(26)32-14-8-13-12(30-10-31-13)7-11(14)18-21-4-6-29-18/h4,6-9,24H,2-3,5,10H2,1H3,(H2,20,22,23). The number of sulfonamides is 1. The average molecular weight is 490 g/mol. The number of nitrogens with two attached hydrogens (primary N) is 1. The van der Waals surface area contributed by atoms with Crippen LogP contribution in [0.2, 0.25) is 0 Å². The van der Waals surface area contributed by atoms with Gasteiger partial charge in [0.15, 0.2) is 33.6 Å². The molecular formula is C19H19N7O5S2. The zero-order chi connectivity index (χ0) is 23.0. The first-order valence-corrected chi connectivity index (χ1v) is 12.5. The summed E-state index contributed by atoms with van der Waals surface area (Å²) in [5.74, 6) is 1.89. The third-order valence-electron chi connectivity index (χ3n) is 4.79. The number of aryl methyl sites for hydroxylation is 1. The molecule has 3 aromatic heterocycles. The number of benzene rings is 1. The maximum absolute atomic E-state index is 11.4. The van der Waals surface area contributed by atoms with Gasteiger partial charge in [-0.2, -0.15) is 0 Å². The van der Waals surface area contributed by atoms with E-state index in [-0.39, 0.29) is 19.2 Å². The fourth-order valence-corrected chi connectivity index (χ4v) is 4.90. The monoisotopic (exact) mass is 489 g/mol. The number of aromatic nitrogens is 5. The third-order valence-corrected chi connectivity index (χ3v) is 6.57. The van der Waals surface area contributed by atoms with Crippen molar-refractivity contribution in [3.63, 3.8) is 0 Å². The number of hydrogen-bond acceptors (Lipinski definition) is 11. The number of nitrogens with zero attached hydrogens (tertiary/aromatic N) is 5. The van der Waals surface area contributed by atoms with Crippen LogP contribution in [-0.2, 0) is 16.6 Å². The van der Waals surface area contributed by atoms with Crippen LogP contribution in [0.4, 0.5) is 5.82 Å². The number of imidazole rings is 1. The predicted molar refractivity (Wildman–Crippen MR) is 119 cm³/mol. The van der Waals surface area contributed by atoms with Gasteiger partial charge in [-0.05, 0) is 18.6 Å². The highest BCUT2D eigenvalue weighted by atomic mass is 32.2. The zero-order valence-electron chi connectivity index (χ0n) is 17.4. The molecule has 5 rings (SSSR count). The Morgan fingerprint density at radius 2 is 2.03 bits per heavy atom. The van der Waals surface area contributed by atoms with E-state index in [1.165, 1.54) is 24.4 Å². The van der Waals surface area contributed by atoms with E-state index in [2.05, 4.69) is 24.7 Å². The SMILES string of the molecule is CS(=O)(=O)NCCCn1c(Sc2cc3c(cc2-c2ncco2)OCO3)nc2c(N)ncnc21. The normalized spacial score (nSPS) is 13.1. The lowest BCUT2D eigenvalue weighted by molar-refractivity contribution is 0.174. The highest BCUT2D eigenvalue weighted by molar-refractivity contribution is 7.99. The van der Waals surface area contributed by atoms with E-state index in [9.17, 15) is 8.42 Å². The van der Waals surface area contributed by atoms with Gasteiger partial charge >= 0.3 is 0 Å². The molecule has 12 nitrogen and oxygen atoms in total. The minimum atomic E-state index is -3.28. The fourth-order valence-electron chi connectivity index (χ4n) is 3.34. The summed E-state index contributed by atoms with van der Waals surface area (Å²) >= 11 is 1.36. The molecule has 1 aromatic carbocycles. The molecule has 4 heterocycles. The molecule has 0 radical (unpaired) electrons. The van der Waals surface area contributed by atoms with E-state index in [1.54, 1.807) is 6.20 Å². The van der Waals surface area contributed by atoms with Crippen molar-refractivity contribution in [3.8, 4) is 23.0 Å². The van der Waals surface area contributed by atoms with Crippen molar-refractivity contribution in [2.75, 3.05) is 25.3 Å². The maximum Gasteiger partial charge on any atom is 0.231 e. The van der Waals surface area contributed by atoms with Gasteiger partial charge in [-0.25, -0.2) is 33.1 Å². The van der Waals surface area contributed by atoms with Crippen LogP contribution in [0.1, 0.15) is 6.42 Å². The number of hydrogen-bond donors (Lipinski definition) is 2. The molecule has 0 unspecified atom stereocenters. The summed E-state index contributed by atoms with van der Waals surface area (Å²) in [7, 11) is -3.28. The number of anilines is 1. The van der Waals surface area contributed by atoms with Crippen molar-refractivity contribution in [1.29, 1.82) is 0 Å². The fraction of sp³-hybridized carbons (Fsp3) is 0.263. The summed E-state index contributed by atoms with van der Waals surface area (Å²) in [6.45, 7) is 0.859. The Kier molecular flexibility index (Phi) is 5.55. The molecule has 0 atom stereocenters. The van der Waals surface area contributed by atoms with Crippen molar-refractivity contribution in [2.45, 2.75) is 23.0 Å². The summed E-state index contributed by atoms with van der Waals surface area (Å²) < 4.78 is 43.7. The first-order chi connectivity index (χ1) is 15.9. The second-order valence-electron chi connectivity index (χ2n) is 7.14. The van der Waals surface area contributed by atoms with Gasteiger partial charge in [0.1, 0.15) is 12.6 Å². The lowest BCUT2D eigenvalue weighted by Crippen LogP contribution is -2.24. The van der Waals surface area contributed by atoms with Crippen LogP contribution in [0.5, 0.6) is 11.5 Å². The van der Waals surface area contributed by atoms with E-state index in [4.69, 9.17) is 19.6 Å². The Morgan fingerprint density at radius 1 is 1.21 bits per heavy atom. The summed E-state index contributed by atoms with van der Waals surface area (Å²) in [5.41, 5.74) is 7.77. The molecule has 0 bridgehead atoms. The van der Waals surface area contributed by atoms with Crippen LogP contribution >= 0.6 is 11.8 Å². The molecule has 0 aliphatic carbocycles. The number of nitrogen functional groups attached to an aromatic ring is 1. The average Bonchev–Trinajstić information content (AvgIpc) is 3.51. The first-order valence-electron chi connectivity index (χ1n) is 9.82. The van der Waals surface area contributed by atoms with Crippen LogP contribution in [0.3, 0.4) is 0 Å². The smallest absolute Gasteiger partial charge is 0.231 e. The summed E-state index contributed by atoms with van der Waals surface area (Å²) in [6, 6.07) is 3.66. The van der Waals surface area contributed by atoms with E-state index < -0.39 is 10.0 Å². The second-order valence-corrected chi connectivity index (χ2v) is 9.98. The Labute approximate surface area is 192 Å². The Bertz CT molecular complexity index is 1420. The third kappa shape index (κ3) is 4.44. The largest absolute Gasteiger partial charge is 0.454 e. The molecule has 0 fully saturated rings. The van der Waals surface area contributed by atoms with Gasteiger partial charge in [-0.3, -0.25) is 0 Å². The predicted octanol–water partition coefficient (Wildman–Crippen LogP) is 1.88. The number of oxazole rings is 1. The molecule has 1 aliphatic heterocycles. The molecule has 0 spiro atoms. The molecule has 3 N–H and O–H groups in total. The quantitative estimate of drug-likeness (QED) is 0.348. The Morgan fingerprint density at radius 3 is 2.79 bits per heavy atom. The molecule has 1 aliphatic rings. The van der Waals surface area contributed by atoms with Crippen LogP contribution in [0.25, 0.3) is 22.6 Å². The molecule has 0 amide bonds. The van der Waals surface area contributed by atoms with Crippen LogP contribution in [0.15, 0.2) is 45.4 Å². The Balaban J connectivity index is 1.53. The summed E-state index contributed by atoms with van der Waals surface area (Å²) in [4.78, 5) is 18.1. The number of nitrogens with one attached hydrogen (secondary N) is 1. The molecule has 33 heavy (non-hydrogen) atoms. The lowest BCUT2D eigenvalue weighted by Gasteiger charge is -2.11. The molecular weight excluding hydrogens is 470 g/mol. The van der Waals surface area contributed by atoms with E-state index in [1.807, 2.05) is 16.7 Å². The van der Waals surface area contributed by atoms with Crippen molar-refractivity contribution < 1.29 is 22.3 Å². The minimum absolute atomic E-state index is 0.131. The second kappa shape index (κ2) is 8.53. The van der Waals surface area contributed by atoms with Gasteiger partial charge in [0.25, 0.3) is 0 Å². The van der Waals surface area contributed by atoms with Gasteiger partial charge in [0, 0.05) is 18.0 Å². The highest BCUT2D eigenvalue weighted by Gasteiger charge is 2.23. The number of fused-ring (bicyclic) bond motifs is 2. The van der Waals surface area contributed by atoms with Crippen LogP contribution < -0.4 is 19.9 Å². The van der Waals surface area contributed by atoms with Gasteiger partial charge in [-0.1, -0.05) is 11.8 Å². The van der Waals surface area contributed by atoms with Crippen molar-refractivity contribution in [3.05, 3.63) is 30.9 Å². The molecule has 0 saturated carbocycles. The maximum atomic E-state index is 11.4. The minimum Gasteiger partial charge on any atom is -0.454 e. The number of ether oxygens (including phenoxy) is 2. The van der Waals surface area contributed by atoms with Gasteiger partial charge < -0.3 is 24.2 Å². The summed E-state index contributed by atoms with van der Waals surface area (Å²) in [6.07, 6.45) is 6.07. The first kappa shape index (κ1) is 21.5. The van der Waals surface area contributed by atoms with Crippen molar-refractivity contribution >= 4 is 38.8 Å². The van der Waals surface area contributed by atoms with E-state index >= 15 is 0 Å². The van der Waals surface area contributed by atoms with E-state index in [0.717, 1.165) is 11.2 Å². The van der Waals surface area contributed by atoms with Gasteiger partial charge in [0.2, 0.25) is 22.7 Å².